The summed E-state index contributed by atoms with van der Waals surface area (Å²) in [4.78, 5) is 26.2. The molecule has 10 heteroatoms. The van der Waals surface area contributed by atoms with Gasteiger partial charge in [0.15, 0.2) is 17.0 Å². The van der Waals surface area contributed by atoms with E-state index in [9.17, 15) is 0 Å². The number of hydrogen-bond acceptors (Lipinski definition) is 7. The largest absolute Gasteiger partial charge is 0.361 e. The summed E-state index contributed by atoms with van der Waals surface area (Å²) in [5, 5.41) is 6.73. The third kappa shape index (κ3) is 4.05. The van der Waals surface area contributed by atoms with Gasteiger partial charge in [-0.2, -0.15) is 9.97 Å². The molecule has 10 nitrogen and oxygen atoms in total. The number of nitrogens with zero attached hydrogens (tertiary/aromatic N) is 7. The van der Waals surface area contributed by atoms with E-state index in [1.807, 2.05) is 63.9 Å². The van der Waals surface area contributed by atoms with Crippen LogP contribution in [0.5, 0.6) is 0 Å². The Balaban J connectivity index is 1.31. The van der Waals surface area contributed by atoms with Gasteiger partial charge in [-0.1, -0.05) is 12.1 Å². The lowest BCUT2D eigenvalue weighted by molar-refractivity contribution is 0.613. The van der Waals surface area contributed by atoms with Crippen LogP contribution < -0.4 is 10.6 Å². The lowest BCUT2D eigenvalue weighted by Crippen LogP contribution is -2.08. The smallest absolute Gasteiger partial charge is 0.231 e. The summed E-state index contributed by atoms with van der Waals surface area (Å²) >= 11 is 0. The van der Waals surface area contributed by atoms with E-state index >= 15 is 0 Å². The number of para-hydroxylation sites is 2. The molecule has 0 aliphatic heterocycles. The van der Waals surface area contributed by atoms with E-state index in [-0.39, 0.29) is 6.04 Å². The van der Waals surface area contributed by atoms with Crippen molar-refractivity contribution in [1.29, 1.82) is 0 Å². The van der Waals surface area contributed by atoms with Crippen LogP contribution in [0.4, 0.5) is 17.5 Å². The number of fused-ring (bicyclic) bond motifs is 2. The summed E-state index contributed by atoms with van der Waals surface area (Å²) in [6.45, 7) is 4.69. The molecule has 35 heavy (non-hydrogen) atoms. The Bertz CT molecular complexity index is 1560. The minimum Gasteiger partial charge on any atom is -0.361 e. The Hall–Kier alpha value is -4.73. The van der Waals surface area contributed by atoms with E-state index in [1.165, 1.54) is 0 Å². The Kier molecular flexibility index (Phi) is 5.10. The van der Waals surface area contributed by atoms with Crippen molar-refractivity contribution in [3.05, 3.63) is 79.4 Å². The first-order chi connectivity index (χ1) is 17.1. The number of aromatic nitrogens is 8. The molecule has 0 aliphatic carbocycles. The second-order valence-electron chi connectivity index (χ2n) is 8.51. The normalized spacial score (nSPS) is 11.5. The number of anilines is 3. The molecule has 0 saturated carbocycles. The number of hydrogen-bond donors (Lipinski definition) is 3. The molecule has 6 aromatic rings. The highest BCUT2D eigenvalue weighted by atomic mass is 15.2. The average molecular weight is 465 g/mol. The average Bonchev–Trinajstić information content (AvgIpc) is 3.62. The molecule has 2 aromatic carbocycles. The number of rotatable bonds is 7. The predicted molar refractivity (Wildman–Crippen MR) is 136 cm³/mol. The van der Waals surface area contributed by atoms with Gasteiger partial charge in [-0.25, -0.2) is 15.0 Å². The minimum atomic E-state index is 0.209. The second-order valence-corrected chi connectivity index (χ2v) is 8.51. The number of nitrogens with one attached hydrogen (secondary N) is 3. The number of aromatic amines is 1. The molecule has 174 valence electrons. The van der Waals surface area contributed by atoms with Gasteiger partial charge in [0, 0.05) is 29.8 Å². The standard InChI is InChI=1S/C25H24N10/c1-16(2)35-15-28-22-23(27-13-21-30-19-5-3-4-6-20(19)31-21)32-25(33-24(22)35)29-17-7-9-18(10-8-17)34-12-11-26-14-34/h3-12,14-16H,13H2,1-2H3,(H,30,31)(H2,27,29,32,33). The molecule has 3 N–H and O–H groups in total. The van der Waals surface area contributed by atoms with Gasteiger partial charge < -0.3 is 24.8 Å². The maximum Gasteiger partial charge on any atom is 0.231 e. The van der Waals surface area contributed by atoms with Crippen LogP contribution in [0.1, 0.15) is 25.7 Å². The maximum absolute atomic E-state index is 4.77. The monoisotopic (exact) mass is 464 g/mol. The fourth-order valence-electron chi connectivity index (χ4n) is 3.99. The summed E-state index contributed by atoms with van der Waals surface area (Å²) in [6.07, 6.45) is 7.24. The molecule has 4 aromatic heterocycles. The number of H-pyrrole nitrogens is 1. The molecule has 4 heterocycles. The van der Waals surface area contributed by atoms with Crippen LogP contribution in [0.15, 0.2) is 73.6 Å². The zero-order chi connectivity index (χ0) is 23.8. The molecular formula is C25H24N10. The number of imidazole rings is 3. The molecule has 0 bridgehead atoms. The highest BCUT2D eigenvalue weighted by Gasteiger charge is 2.16. The lowest BCUT2D eigenvalue weighted by atomic mass is 10.3. The quantitative estimate of drug-likeness (QED) is 0.310. The molecule has 0 atom stereocenters. The molecule has 0 unspecified atom stereocenters. The van der Waals surface area contributed by atoms with Crippen LogP contribution in [0.25, 0.3) is 27.9 Å². The fraction of sp³-hybridized carbons (Fsp3) is 0.160. The first-order valence-corrected chi connectivity index (χ1v) is 11.4. The van der Waals surface area contributed by atoms with Gasteiger partial charge in [0.05, 0.1) is 30.2 Å². The molecular weight excluding hydrogens is 440 g/mol. The summed E-state index contributed by atoms with van der Waals surface area (Å²) in [7, 11) is 0. The van der Waals surface area contributed by atoms with Crippen molar-refractivity contribution in [2.45, 2.75) is 26.4 Å². The van der Waals surface area contributed by atoms with Crippen molar-refractivity contribution in [3.8, 4) is 5.69 Å². The Labute approximate surface area is 201 Å². The Morgan fingerprint density at radius 1 is 0.971 bits per heavy atom. The Morgan fingerprint density at radius 3 is 2.60 bits per heavy atom. The van der Waals surface area contributed by atoms with Gasteiger partial charge in [0.25, 0.3) is 0 Å². The van der Waals surface area contributed by atoms with Gasteiger partial charge in [0.2, 0.25) is 5.95 Å². The van der Waals surface area contributed by atoms with Crippen molar-refractivity contribution in [2.75, 3.05) is 10.6 Å². The second kappa shape index (κ2) is 8.56. The lowest BCUT2D eigenvalue weighted by Gasteiger charge is -2.12. The van der Waals surface area contributed by atoms with Crippen LogP contribution in [0.2, 0.25) is 0 Å². The van der Waals surface area contributed by atoms with E-state index in [4.69, 9.17) is 9.97 Å². The van der Waals surface area contributed by atoms with Crippen molar-refractivity contribution in [3.63, 3.8) is 0 Å². The molecule has 0 amide bonds. The van der Waals surface area contributed by atoms with Gasteiger partial charge in [-0.15, -0.1) is 0 Å². The van der Waals surface area contributed by atoms with E-state index in [1.54, 1.807) is 18.9 Å². The van der Waals surface area contributed by atoms with Gasteiger partial charge in [0.1, 0.15) is 5.82 Å². The summed E-state index contributed by atoms with van der Waals surface area (Å²) in [6, 6.07) is 16.2. The summed E-state index contributed by atoms with van der Waals surface area (Å²) in [5.74, 6) is 1.96. The highest BCUT2D eigenvalue weighted by molar-refractivity contribution is 5.85. The van der Waals surface area contributed by atoms with Crippen molar-refractivity contribution in [1.82, 2.24) is 39.0 Å². The molecule has 0 spiro atoms. The van der Waals surface area contributed by atoms with Crippen LogP contribution in [0, 0.1) is 0 Å². The van der Waals surface area contributed by atoms with E-state index < -0.39 is 0 Å². The van der Waals surface area contributed by atoms with E-state index in [2.05, 4.69) is 44.4 Å². The van der Waals surface area contributed by atoms with Crippen LogP contribution in [-0.4, -0.2) is 39.0 Å². The van der Waals surface area contributed by atoms with Gasteiger partial charge >= 0.3 is 0 Å². The van der Waals surface area contributed by atoms with Gasteiger partial charge in [-0.05, 0) is 50.2 Å². The Morgan fingerprint density at radius 2 is 1.83 bits per heavy atom. The van der Waals surface area contributed by atoms with Crippen molar-refractivity contribution >= 4 is 39.7 Å². The molecule has 0 fully saturated rings. The topological polar surface area (TPSA) is 114 Å². The SMILES string of the molecule is CC(C)n1cnc2c(NCc3nc4ccccc4[nH]3)nc(Nc3ccc(-n4ccnc4)cc3)nc21. The van der Waals surface area contributed by atoms with Crippen molar-refractivity contribution < 1.29 is 0 Å². The summed E-state index contributed by atoms with van der Waals surface area (Å²) in [5.41, 5.74) is 5.32. The van der Waals surface area contributed by atoms with Crippen LogP contribution >= 0.6 is 0 Å². The zero-order valence-electron chi connectivity index (χ0n) is 19.3. The van der Waals surface area contributed by atoms with Crippen LogP contribution in [0.3, 0.4) is 0 Å². The van der Waals surface area contributed by atoms with E-state index in [0.29, 0.717) is 18.3 Å². The third-order valence-corrected chi connectivity index (χ3v) is 5.77. The molecule has 0 saturated heterocycles. The highest BCUT2D eigenvalue weighted by Crippen LogP contribution is 2.25. The fourth-order valence-corrected chi connectivity index (χ4v) is 3.99. The van der Waals surface area contributed by atoms with E-state index in [0.717, 1.165) is 39.4 Å². The van der Waals surface area contributed by atoms with Crippen molar-refractivity contribution in [2.24, 2.45) is 0 Å². The zero-order valence-corrected chi connectivity index (χ0v) is 19.3. The molecule has 0 radical (unpaired) electrons. The predicted octanol–water partition coefficient (Wildman–Crippen LogP) is 4.82. The minimum absolute atomic E-state index is 0.209. The molecule has 0 aliphatic rings. The molecule has 6 rings (SSSR count). The van der Waals surface area contributed by atoms with Crippen LogP contribution in [-0.2, 0) is 6.54 Å². The third-order valence-electron chi connectivity index (χ3n) is 5.77. The maximum atomic E-state index is 4.77. The first-order valence-electron chi connectivity index (χ1n) is 11.4. The number of benzene rings is 2. The summed E-state index contributed by atoms with van der Waals surface area (Å²) < 4.78 is 3.99. The van der Waals surface area contributed by atoms with Gasteiger partial charge in [-0.3, -0.25) is 0 Å². The first kappa shape index (κ1) is 20.8.